The van der Waals surface area contributed by atoms with Gasteiger partial charge in [-0.1, -0.05) is 13.8 Å². The van der Waals surface area contributed by atoms with Crippen LogP contribution in [0, 0.1) is 29.6 Å². The molecule has 4 unspecified atom stereocenters. The highest BCUT2D eigenvalue weighted by Crippen LogP contribution is 2.47. The van der Waals surface area contributed by atoms with Crippen molar-refractivity contribution < 1.29 is 4.79 Å². The first-order valence-corrected chi connectivity index (χ1v) is 9.80. The molecule has 1 heterocycles. The number of nitrogens with two attached hydrogens (primary N) is 1. The van der Waals surface area contributed by atoms with Gasteiger partial charge < -0.3 is 16.0 Å². The Morgan fingerprint density at radius 3 is 2.32 bits per heavy atom. The lowest BCUT2D eigenvalue weighted by Gasteiger charge is -2.33. The zero-order valence-corrected chi connectivity index (χ0v) is 17.4. The first-order valence-electron chi connectivity index (χ1n) is 9.80. The number of carbonyl (C=O) groups excluding carboxylic acids is 1. The fraction of sp³-hybridized carbons (Fsp3) is 0.947. The Morgan fingerprint density at radius 2 is 1.76 bits per heavy atom. The van der Waals surface area contributed by atoms with E-state index in [0.29, 0.717) is 17.8 Å². The molecule has 2 aliphatic carbocycles. The number of likely N-dealkylation sites (tertiary alicyclic amines) is 1. The van der Waals surface area contributed by atoms with Crippen LogP contribution in [-0.2, 0) is 4.79 Å². The van der Waals surface area contributed by atoms with E-state index < -0.39 is 0 Å². The van der Waals surface area contributed by atoms with Gasteiger partial charge in [0.2, 0.25) is 5.91 Å². The largest absolute Gasteiger partial charge is 0.356 e. The molecule has 3 fully saturated rings. The Labute approximate surface area is 165 Å². The summed E-state index contributed by atoms with van der Waals surface area (Å²) in [6, 6.07) is 0.117. The van der Waals surface area contributed by atoms with Gasteiger partial charge in [-0.05, 0) is 81.8 Å². The Bertz CT molecular complexity index is 411. The van der Waals surface area contributed by atoms with E-state index in [9.17, 15) is 4.79 Å². The van der Waals surface area contributed by atoms with Crippen molar-refractivity contribution in [3.05, 3.63) is 0 Å². The number of hydrogen-bond donors (Lipinski definition) is 2. The number of piperidine rings is 1. The van der Waals surface area contributed by atoms with Crippen LogP contribution in [0.3, 0.4) is 0 Å². The van der Waals surface area contributed by atoms with Gasteiger partial charge in [-0.15, -0.1) is 24.8 Å². The van der Waals surface area contributed by atoms with Gasteiger partial charge in [0, 0.05) is 12.6 Å². The van der Waals surface area contributed by atoms with Crippen molar-refractivity contribution in [3.63, 3.8) is 0 Å². The lowest BCUT2D eigenvalue weighted by atomic mass is 9.84. The predicted molar refractivity (Wildman–Crippen MR) is 108 cm³/mol. The quantitative estimate of drug-likeness (QED) is 0.728. The summed E-state index contributed by atoms with van der Waals surface area (Å²) in [4.78, 5) is 15.1. The number of amides is 1. The molecule has 6 heteroatoms. The Hall–Kier alpha value is -0.0300. The van der Waals surface area contributed by atoms with E-state index in [1.165, 1.54) is 58.2 Å². The maximum absolute atomic E-state index is 12.5. The van der Waals surface area contributed by atoms with Crippen LogP contribution < -0.4 is 11.1 Å². The number of rotatable bonds is 6. The van der Waals surface area contributed by atoms with E-state index in [2.05, 4.69) is 24.1 Å². The molecule has 1 amide bonds. The predicted octanol–water partition coefficient (Wildman–Crippen LogP) is 3.08. The third-order valence-corrected chi connectivity index (χ3v) is 6.58. The summed E-state index contributed by atoms with van der Waals surface area (Å²) in [6.45, 7) is 9.07. The van der Waals surface area contributed by atoms with Gasteiger partial charge >= 0.3 is 0 Å². The molecule has 0 radical (unpaired) electrons. The molecule has 1 saturated heterocycles. The molecule has 2 bridgehead atoms. The molecule has 148 valence electrons. The van der Waals surface area contributed by atoms with Crippen LogP contribution >= 0.6 is 24.8 Å². The number of hydrogen-bond acceptors (Lipinski definition) is 3. The van der Waals surface area contributed by atoms with Crippen LogP contribution in [0.1, 0.15) is 52.4 Å². The average Bonchev–Trinajstić information content (AvgIpc) is 3.12. The van der Waals surface area contributed by atoms with Gasteiger partial charge in [-0.25, -0.2) is 0 Å². The molecule has 0 aromatic rings. The SMILES string of the molecule is CC(C)CCN1CCC(CNC(=O)C2C3CCC(C3)C2N)CC1.Cl.Cl. The first-order chi connectivity index (χ1) is 11.0. The van der Waals surface area contributed by atoms with Crippen molar-refractivity contribution in [2.75, 3.05) is 26.2 Å². The van der Waals surface area contributed by atoms with E-state index in [1.807, 2.05) is 0 Å². The second-order valence-corrected chi connectivity index (χ2v) is 8.65. The number of carbonyl (C=O) groups is 1. The van der Waals surface area contributed by atoms with Gasteiger partial charge in [0.1, 0.15) is 0 Å². The minimum atomic E-state index is 0. The lowest BCUT2D eigenvalue weighted by Crippen LogP contribution is -2.47. The molecule has 3 rings (SSSR count). The second kappa shape index (κ2) is 10.3. The van der Waals surface area contributed by atoms with Crippen LogP contribution in [0.25, 0.3) is 0 Å². The van der Waals surface area contributed by atoms with E-state index >= 15 is 0 Å². The Morgan fingerprint density at radius 1 is 1.12 bits per heavy atom. The fourth-order valence-electron chi connectivity index (χ4n) is 4.94. The van der Waals surface area contributed by atoms with Gasteiger partial charge in [0.25, 0.3) is 0 Å². The summed E-state index contributed by atoms with van der Waals surface area (Å²) >= 11 is 0. The average molecular weight is 394 g/mol. The molecule has 4 atom stereocenters. The smallest absolute Gasteiger partial charge is 0.224 e. The van der Waals surface area contributed by atoms with Crippen molar-refractivity contribution in [3.8, 4) is 0 Å². The third-order valence-electron chi connectivity index (χ3n) is 6.58. The summed E-state index contributed by atoms with van der Waals surface area (Å²) in [7, 11) is 0. The highest BCUT2D eigenvalue weighted by Gasteiger charge is 2.49. The maximum Gasteiger partial charge on any atom is 0.224 e. The summed E-state index contributed by atoms with van der Waals surface area (Å²) in [5, 5.41) is 3.24. The number of nitrogens with zero attached hydrogens (tertiary/aromatic N) is 1. The summed E-state index contributed by atoms with van der Waals surface area (Å²) in [6.07, 6.45) is 7.38. The van der Waals surface area contributed by atoms with Crippen LogP contribution in [-0.4, -0.2) is 43.0 Å². The van der Waals surface area contributed by atoms with Crippen LogP contribution in [0.4, 0.5) is 0 Å². The van der Waals surface area contributed by atoms with Crippen LogP contribution in [0.5, 0.6) is 0 Å². The molecule has 0 aromatic carbocycles. The fourth-order valence-corrected chi connectivity index (χ4v) is 4.94. The second-order valence-electron chi connectivity index (χ2n) is 8.65. The van der Waals surface area contributed by atoms with Crippen molar-refractivity contribution >= 4 is 30.7 Å². The number of halogens is 2. The summed E-state index contributed by atoms with van der Waals surface area (Å²) < 4.78 is 0. The molecule has 2 saturated carbocycles. The van der Waals surface area contributed by atoms with Gasteiger partial charge in [0.05, 0.1) is 5.92 Å². The molecule has 25 heavy (non-hydrogen) atoms. The van der Waals surface area contributed by atoms with E-state index in [4.69, 9.17) is 5.73 Å². The van der Waals surface area contributed by atoms with Gasteiger partial charge in [-0.2, -0.15) is 0 Å². The zero-order chi connectivity index (χ0) is 16.4. The van der Waals surface area contributed by atoms with Crippen LogP contribution in [0.15, 0.2) is 0 Å². The van der Waals surface area contributed by atoms with Gasteiger partial charge in [0.15, 0.2) is 0 Å². The maximum atomic E-state index is 12.5. The van der Waals surface area contributed by atoms with E-state index in [1.54, 1.807) is 0 Å². The molecular formula is C19H37Cl2N3O. The van der Waals surface area contributed by atoms with Crippen molar-refractivity contribution in [1.82, 2.24) is 10.2 Å². The molecule has 0 spiro atoms. The molecule has 3 N–H and O–H groups in total. The summed E-state index contributed by atoms with van der Waals surface area (Å²) in [5.74, 6) is 2.96. The topological polar surface area (TPSA) is 58.4 Å². The minimum Gasteiger partial charge on any atom is -0.356 e. The molecular weight excluding hydrogens is 357 g/mol. The van der Waals surface area contributed by atoms with Crippen molar-refractivity contribution in [2.24, 2.45) is 35.3 Å². The Kier molecular flexibility index (Phi) is 9.52. The summed E-state index contributed by atoms with van der Waals surface area (Å²) in [5.41, 5.74) is 6.28. The minimum absolute atomic E-state index is 0. The van der Waals surface area contributed by atoms with Gasteiger partial charge in [-0.3, -0.25) is 4.79 Å². The number of fused-ring (bicyclic) bond motifs is 2. The lowest BCUT2D eigenvalue weighted by molar-refractivity contribution is -0.127. The Balaban J connectivity index is 0.00000156. The normalized spacial score (nSPS) is 32.3. The standard InChI is InChI=1S/C19H35N3O.2ClH/c1-13(2)5-8-22-9-6-14(7-10-22)12-21-19(23)17-15-3-4-16(11-15)18(17)20;;/h13-18H,3-12,20H2,1-2H3,(H,21,23);2*1H. The monoisotopic (exact) mass is 393 g/mol. The number of nitrogens with one attached hydrogen (secondary N) is 1. The van der Waals surface area contributed by atoms with E-state index in [-0.39, 0.29) is 42.7 Å². The van der Waals surface area contributed by atoms with Crippen molar-refractivity contribution in [1.29, 1.82) is 0 Å². The molecule has 1 aliphatic heterocycles. The molecule has 3 aliphatic rings. The molecule has 4 nitrogen and oxygen atoms in total. The highest BCUT2D eigenvalue weighted by atomic mass is 35.5. The van der Waals surface area contributed by atoms with Crippen LogP contribution in [0.2, 0.25) is 0 Å². The highest BCUT2D eigenvalue weighted by molar-refractivity contribution is 5.85. The first kappa shape index (κ1) is 23.0. The zero-order valence-electron chi connectivity index (χ0n) is 15.8. The van der Waals surface area contributed by atoms with E-state index in [0.717, 1.165) is 12.5 Å². The molecule has 0 aromatic heterocycles. The third kappa shape index (κ3) is 5.72. The van der Waals surface area contributed by atoms with Crippen molar-refractivity contribution in [2.45, 2.75) is 58.4 Å².